The summed E-state index contributed by atoms with van der Waals surface area (Å²) in [7, 11) is 0. The van der Waals surface area contributed by atoms with Crippen molar-refractivity contribution in [3.63, 3.8) is 0 Å². The van der Waals surface area contributed by atoms with Crippen molar-refractivity contribution in [1.29, 1.82) is 0 Å². The molecule has 0 aromatic heterocycles. The molecule has 4 fully saturated rings. The van der Waals surface area contributed by atoms with E-state index in [-0.39, 0.29) is 23.4 Å². The Labute approximate surface area is 169 Å². The molecule has 0 amide bonds. The van der Waals surface area contributed by atoms with E-state index in [2.05, 4.69) is 20.8 Å². The zero-order valence-corrected chi connectivity index (χ0v) is 17.8. The van der Waals surface area contributed by atoms with Crippen molar-refractivity contribution in [3.8, 4) is 0 Å². The number of carbonyl (C=O) groups excluding carboxylic acids is 1. The van der Waals surface area contributed by atoms with Crippen molar-refractivity contribution in [2.75, 3.05) is 0 Å². The smallest absolute Gasteiger partial charge is 0.303 e. The van der Waals surface area contributed by atoms with Gasteiger partial charge in [0.05, 0.1) is 6.10 Å². The van der Waals surface area contributed by atoms with Crippen LogP contribution in [0, 0.1) is 46.3 Å². The quantitative estimate of drug-likeness (QED) is 0.730. The second kappa shape index (κ2) is 7.11. The Hall–Kier alpha value is -0.900. The van der Waals surface area contributed by atoms with Crippen LogP contribution in [0.2, 0.25) is 0 Å². The molecule has 0 aromatic carbocycles. The largest absolute Gasteiger partial charge is 0.481 e. The molecular formula is C24H38O4. The second-order valence-electron chi connectivity index (χ2n) is 11.2. The average Bonchev–Trinajstić information content (AvgIpc) is 2.98. The number of carboxylic acid groups (broad SMARTS) is 1. The van der Waals surface area contributed by atoms with Gasteiger partial charge in [-0.15, -0.1) is 0 Å². The number of aliphatic carboxylic acids is 1. The van der Waals surface area contributed by atoms with Gasteiger partial charge < -0.3 is 10.2 Å². The molecule has 4 heteroatoms. The SMILES string of the molecule is C[C@H](CCC(=O)O)[C@H]1CCC2[C@H]3C(CC[C@@]21C)[C@@]1(C)CCC(=O)C[C@H]1C[C@@H]3O. The predicted molar refractivity (Wildman–Crippen MR) is 108 cm³/mol. The lowest BCUT2D eigenvalue weighted by Crippen LogP contribution is -2.58. The molecule has 28 heavy (non-hydrogen) atoms. The summed E-state index contributed by atoms with van der Waals surface area (Å²) in [6.45, 7) is 7.10. The van der Waals surface area contributed by atoms with E-state index in [0.717, 1.165) is 32.1 Å². The van der Waals surface area contributed by atoms with E-state index in [9.17, 15) is 14.7 Å². The number of rotatable bonds is 4. The van der Waals surface area contributed by atoms with Gasteiger partial charge in [0.15, 0.2) is 0 Å². The number of hydrogen-bond acceptors (Lipinski definition) is 3. The molecule has 0 aliphatic heterocycles. The lowest BCUT2D eigenvalue weighted by atomic mass is 9.44. The lowest BCUT2D eigenvalue weighted by Gasteiger charge is -2.62. The Morgan fingerprint density at radius 1 is 1.14 bits per heavy atom. The van der Waals surface area contributed by atoms with E-state index in [0.29, 0.717) is 47.7 Å². The van der Waals surface area contributed by atoms with Crippen LogP contribution in [-0.2, 0) is 9.59 Å². The van der Waals surface area contributed by atoms with Crippen LogP contribution < -0.4 is 0 Å². The molecule has 4 saturated carbocycles. The third-order valence-electron chi connectivity index (χ3n) is 10.1. The standard InChI is InChI=1S/C24H38O4/c1-14(4-7-21(27)28)17-5-6-18-22-19(9-11-24(17,18)3)23(2)10-8-16(25)12-15(23)13-20(22)26/h14-15,17-20,22,26H,4-13H2,1-3H3,(H,27,28)/t14-,15+,17-,18?,19?,20+,22+,23+,24-/m1/s1. The van der Waals surface area contributed by atoms with E-state index >= 15 is 0 Å². The minimum absolute atomic E-state index is 0.214. The van der Waals surface area contributed by atoms with Crippen LogP contribution in [0.4, 0.5) is 0 Å². The van der Waals surface area contributed by atoms with Gasteiger partial charge in [-0.1, -0.05) is 20.8 Å². The second-order valence-corrected chi connectivity index (χ2v) is 11.2. The number of aliphatic hydroxyl groups excluding tert-OH is 1. The fourth-order valence-electron chi connectivity index (χ4n) is 8.54. The Morgan fingerprint density at radius 3 is 2.57 bits per heavy atom. The normalized spacial score (nSPS) is 49.1. The maximum atomic E-state index is 12.1. The van der Waals surface area contributed by atoms with Gasteiger partial charge in [0, 0.05) is 19.3 Å². The van der Waals surface area contributed by atoms with Crippen LogP contribution in [0.3, 0.4) is 0 Å². The van der Waals surface area contributed by atoms with Crippen molar-refractivity contribution in [1.82, 2.24) is 0 Å². The van der Waals surface area contributed by atoms with Crippen molar-refractivity contribution >= 4 is 11.8 Å². The number of aliphatic hydroxyl groups is 1. The zero-order chi connectivity index (χ0) is 20.3. The summed E-state index contributed by atoms with van der Waals surface area (Å²) < 4.78 is 0. The molecule has 158 valence electrons. The summed E-state index contributed by atoms with van der Waals surface area (Å²) in [6.07, 6.45) is 8.68. The van der Waals surface area contributed by atoms with Crippen LogP contribution in [0.1, 0.15) is 85.0 Å². The first kappa shape index (κ1) is 20.4. The van der Waals surface area contributed by atoms with Gasteiger partial charge in [0.2, 0.25) is 0 Å². The van der Waals surface area contributed by atoms with E-state index in [4.69, 9.17) is 5.11 Å². The zero-order valence-electron chi connectivity index (χ0n) is 17.8. The summed E-state index contributed by atoms with van der Waals surface area (Å²) in [5.41, 5.74) is 0.444. The molecule has 4 rings (SSSR count). The number of hydrogen-bond donors (Lipinski definition) is 2. The van der Waals surface area contributed by atoms with Crippen LogP contribution in [-0.4, -0.2) is 28.1 Å². The highest BCUT2D eigenvalue weighted by Crippen LogP contribution is 2.68. The lowest BCUT2D eigenvalue weighted by molar-refractivity contribution is -0.169. The summed E-state index contributed by atoms with van der Waals surface area (Å²) in [5, 5.41) is 20.3. The molecule has 0 radical (unpaired) electrons. The van der Waals surface area contributed by atoms with Gasteiger partial charge in [-0.3, -0.25) is 9.59 Å². The van der Waals surface area contributed by atoms with Crippen molar-refractivity contribution < 1.29 is 19.8 Å². The number of fused-ring (bicyclic) bond motifs is 5. The summed E-state index contributed by atoms with van der Waals surface area (Å²) >= 11 is 0. The molecule has 2 unspecified atom stereocenters. The first-order chi connectivity index (χ1) is 13.2. The molecule has 0 aromatic rings. The molecule has 9 atom stereocenters. The Kier molecular flexibility index (Phi) is 5.17. The van der Waals surface area contributed by atoms with Crippen molar-refractivity contribution in [3.05, 3.63) is 0 Å². The Bertz CT molecular complexity index is 645. The Morgan fingerprint density at radius 2 is 1.86 bits per heavy atom. The monoisotopic (exact) mass is 390 g/mol. The van der Waals surface area contributed by atoms with E-state index < -0.39 is 5.97 Å². The van der Waals surface area contributed by atoms with Gasteiger partial charge in [-0.2, -0.15) is 0 Å². The minimum atomic E-state index is -0.691. The van der Waals surface area contributed by atoms with Crippen LogP contribution in [0.5, 0.6) is 0 Å². The van der Waals surface area contributed by atoms with Crippen LogP contribution in [0.15, 0.2) is 0 Å². The Balaban J connectivity index is 1.56. The molecule has 4 nitrogen and oxygen atoms in total. The molecule has 0 heterocycles. The van der Waals surface area contributed by atoms with E-state index in [1.165, 1.54) is 19.3 Å². The number of carboxylic acids is 1. The van der Waals surface area contributed by atoms with Gasteiger partial charge in [-0.25, -0.2) is 0 Å². The number of Topliss-reactive ketones (excluding diaryl/α,β-unsaturated/α-hetero) is 1. The van der Waals surface area contributed by atoms with Gasteiger partial charge in [-0.05, 0) is 91.3 Å². The topological polar surface area (TPSA) is 74.6 Å². The first-order valence-electron chi connectivity index (χ1n) is 11.6. The average molecular weight is 391 g/mol. The minimum Gasteiger partial charge on any atom is -0.481 e. The van der Waals surface area contributed by atoms with Crippen LogP contribution in [0.25, 0.3) is 0 Å². The molecule has 0 bridgehead atoms. The molecule has 4 aliphatic carbocycles. The maximum Gasteiger partial charge on any atom is 0.303 e. The third-order valence-corrected chi connectivity index (χ3v) is 10.1. The van der Waals surface area contributed by atoms with Gasteiger partial charge in [0.1, 0.15) is 5.78 Å². The highest BCUT2D eigenvalue weighted by Gasteiger charge is 2.62. The van der Waals surface area contributed by atoms with Gasteiger partial charge >= 0.3 is 5.97 Å². The highest BCUT2D eigenvalue weighted by molar-refractivity contribution is 5.79. The molecule has 0 spiro atoms. The van der Waals surface area contributed by atoms with E-state index in [1.54, 1.807) is 0 Å². The molecular weight excluding hydrogens is 352 g/mol. The molecule has 2 N–H and O–H groups in total. The van der Waals surface area contributed by atoms with Crippen molar-refractivity contribution in [2.24, 2.45) is 46.3 Å². The highest BCUT2D eigenvalue weighted by atomic mass is 16.4. The molecule has 0 saturated heterocycles. The summed E-state index contributed by atoms with van der Waals surface area (Å²) in [4.78, 5) is 23.1. The maximum absolute atomic E-state index is 12.1. The number of carbonyl (C=O) groups is 2. The van der Waals surface area contributed by atoms with Crippen LogP contribution >= 0.6 is 0 Å². The number of ketones is 1. The summed E-state index contributed by atoms with van der Waals surface area (Å²) in [5.74, 6) is 2.52. The first-order valence-corrected chi connectivity index (χ1v) is 11.6. The molecule has 4 aliphatic rings. The fraction of sp³-hybridized carbons (Fsp3) is 0.917. The van der Waals surface area contributed by atoms with Gasteiger partial charge in [0.25, 0.3) is 0 Å². The van der Waals surface area contributed by atoms with Crippen molar-refractivity contribution in [2.45, 2.75) is 91.1 Å². The third kappa shape index (κ3) is 3.05. The predicted octanol–water partition coefficient (Wildman–Crippen LogP) is 4.69. The fourth-order valence-corrected chi connectivity index (χ4v) is 8.54. The van der Waals surface area contributed by atoms with E-state index in [1.807, 2.05) is 0 Å². The summed E-state index contributed by atoms with van der Waals surface area (Å²) in [6, 6.07) is 0.